The highest BCUT2D eigenvalue weighted by Crippen LogP contribution is 2.29. The highest BCUT2D eigenvalue weighted by Gasteiger charge is 2.31. The highest BCUT2D eigenvalue weighted by molar-refractivity contribution is 5.84. The van der Waals surface area contributed by atoms with Crippen molar-refractivity contribution in [3.8, 4) is 5.75 Å². The number of halogens is 1. The lowest BCUT2D eigenvalue weighted by Gasteiger charge is -2.33. The van der Waals surface area contributed by atoms with Gasteiger partial charge >= 0.3 is 5.97 Å². The monoisotopic (exact) mass is 581 g/mol. The lowest BCUT2D eigenvalue weighted by atomic mass is 9.84. The minimum atomic E-state index is -0.957. The van der Waals surface area contributed by atoms with Crippen LogP contribution in [-0.2, 0) is 27.2 Å². The zero-order valence-electron chi connectivity index (χ0n) is 24.4. The fourth-order valence-electron chi connectivity index (χ4n) is 6.15. The summed E-state index contributed by atoms with van der Waals surface area (Å²) in [5, 5.41) is 13.0. The molecule has 0 radical (unpaired) electrons. The number of pyridine rings is 1. The number of nitrogens with one attached hydrogen (secondary N) is 1. The zero-order valence-corrected chi connectivity index (χ0v) is 24.4. The number of ether oxygens (including phenoxy) is 1. The predicted molar refractivity (Wildman–Crippen MR) is 158 cm³/mol. The summed E-state index contributed by atoms with van der Waals surface area (Å²) in [5.74, 6) is -0.336. The average Bonchev–Trinajstić information content (AvgIpc) is 3.02. The fraction of sp³-hybridized carbons (Fsp3) is 0.576. The maximum atomic E-state index is 13.4. The molecule has 2 saturated heterocycles. The minimum Gasteiger partial charge on any atom is -0.491 e. The molecule has 0 spiro atoms. The van der Waals surface area contributed by atoms with Crippen molar-refractivity contribution in [2.45, 2.75) is 70.1 Å². The van der Waals surface area contributed by atoms with Crippen LogP contribution in [0.1, 0.15) is 74.0 Å². The number of rotatable bonds is 15. The Hall–Kier alpha value is -3.33. The maximum absolute atomic E-state index is 13.4. The molecular weight excluding hydrogens is 537 g/mol. The van der Waals surface area contributed by atoms with Crippen molar-refractivity contribution >= 4 is 17.7 Å². The minimum absolute atomic E-state index is 0.0206. The van der Waals surface area contributed by atoms with Crippen LogP contribution in [0, 0.1) is 11.8 Å². The van der Waals surface area contributed by atoms with Gasteiger partial charge in [-0.25, -0.2) is 4.39 Å². The number of benzene rings is 1. The number of carboxylic acid groups (broad SMARTS) is 1. The van der Waals surface area contributed by atoms with Crippen LogP contribution in [0.5, 0.6) is 5.75 Å². The second kappa shape index (κ2) is 16.3. The number of likely N-dealkylation sites (tertiary alicyclic amines) is 1. The number of nitrogens with zero attached hydrogens (tertiary/aromatic N) is 2. The molecule has 3 heterocycles. The molecule has 2 aromatic rings. The van der Waals surface area contributed by atoms with Gasteiger partial charge in [0, 0.05) is 50.2 Å². The van der Waals surface area contributed by atoms with Gasteiger partial charge in [-0.15, -0.1) is 0 Å². The molecule has 0 bridgehead atoms. The van der Waals surface area contributed by atoms with Gasteiger partial charge in [0.15, 0.2) is 0 Å². The van der Waals surface area contributed by atoms with Crippen LogP contribution >= 0.6 is 0 Å². The van der Waals surface area contributed by atoms with Gasteiger partial charge in [-0.2, -0.15) is 0 Å². The Morgan fingerprint density at radius 2 is 1.88 bits per heavy atom. The smallest absolute Gasteiger partial charge is 0.303 e. The Labute approximate surface area is 248 Å². The van der Waals surface area contributed by atoms with Crippen LogP contribution in [0.25, 0.3) is 0 Å². The van der Waals surface area contributed by atoms with Crippen molar-refractivity contribution in [3.63, 3.8) is 0 Å². The standard InChI is InChI=1S/C33H44FN3O5/c34-12-16-42-30-5-1-3-25(18-30)6-7-26-17-29(22-36-21-26)28(20-33(40)41)19-31(38)27-4-2-15-37(23-27)32(39)9-8-24-10-13-35-14-11-24/h1,3,5,17-18,21-22,24,27-28,35H,2,4,6-16,19-20,23H2,(H,40,41)/t27-,28+/m1/s1. The van der Waals surface area contributed by atoms with E-state index in [2.05, 4.69) is 10.3 Å². The van der Waals surface area contributed by atoms with E-state index in [-0.39, 0.29) is 37.1 Å². The number of amides is 1. The third-order valence-electron chi connectivity index (χ3n) is 8.56. The molecule has 2 N–H and O–H groups in total. The Morgan fingerprint density at radius 1 is 1.07 bits per heavy atom. The molecule has 228 valence electrons. The van der Waals surface area contributed by atoms with Crippen molar-refractivity contribution in [2.75, 3.05) is 39.5 Å². The van der Waals surface area contributed by atoms with E-state index in [0.29, 0.717) is 44.0 Å². The SMILES string of the molecule is O=C(O)C[C@H](CC(=O)[C@@H]1CCCN(C(=O)CCC2CCNCC2)C1)c1cncc(CCc2cccc(OCCF)c2)c1. The number of carbonyl (C=O) groups excluding carboxylic acids is 2. The molecule has 0 saturated carbocycles. The molecular formula is C33H44FN3O5. The average molecular weight is 582 g/mol. The van der Waals surface area contributed by atoms with E-state index in [1.165, 1.54) is 0 Å². The van der Waals surface area contributed by atoms with Gasteiger partial charge in [-0.05, 0) is 92.8 Å². The summed E-state index contributed by atoms with van der Waals surface area (Å²) in [6.45, 7) is 2.62. The summed E-state index contributed by atoms with van der Waals surface area (Å²) < 4.78 is 17.8. The van der Waals surface area contributed by atoms with E-state index in [1.807, 2.05) is 29.2 Å². The van der Waals surface area contributed by atoms with Crippen molar-refractivity contribution in [1.82, 2.24) is 15.2 Å². The Balaban J connectivity index is 1.34. The first-order valence-electron chi connectivity index (χ1n) is 15.4. The summed E-state index contributed by atoms with van der Waals surface area (Å²) in [7, 11) is 0. The number of piperidine rings is 2. The molecule has 2 fully saturated rings. The second-order valence-electron chi connectivity index (χ2n) is 11.7. The van der Waals surface area contributed by atoms with Crippen LogP contribution in [0.4, 0.5) is 4.39 Å². The lowest BCUT2D eigenvalue weighted by Crippen LogP contribution is -2.42. The van der Waals surface area contributed by atoms with Gasteiger partial charge < -0.3 is 20.1 Å². The number of alkyl halides is 1. The molecule has 2 atom stereocenters. The van der Waals surface area contributed by atoms with Crippen LogP contribution in [0.2, 0.25) is 0 Å². The van der Waals surface area contributed by atoms with Crippen LogP contribution in [0.3, 0.4) is 0 Å². The van der Waals surface area contributed by atoms with E-state index in [9.17, 15) is 23.9 Å². The molecule has 2 aliphatic heterocycles. The Morgan fingerprint density at radius 3 is 2.67 bits per heavy atom. The van der Waals surface area contributed by atoms with Crippen LogP contribution in [-0.4, -0.2) is 72.1 Å². The normalized spacial score (nSPS) is 18.4. The largest absolute Gasteiger partial charge is 0.491 e. The number of aryl methyl sites for hydroxylation is 2. The summed E-state index contributed by atoms with van der Waals surface area (Å²) in [6, 6.07) is 9.50. The molecule has 1 amide bonds. The first kappa shape index (κ1) is 31.6. The zero-order chi connectivity index (χ0) is 29.7. The predicted octanol–water partition coefficient (Wildman–Crippen LogP) is 4.75. The summed E-state index contributed by atoms with van der Waals surface area (Å²) in [5.41, 5.74) is 2.74. The molecule has 0 unspecified atom stereocenters. The maximum Gasteiger partial charge on any atom is 0.303 e. The number of aliphatic carboxylic acids is 1. The molecule has 42 heavy (non-hydrogen) atoms. The Bertz CT molecular complexity index is 1190. The summed E-state index contributed by atoms with van der Waals surface area (Å²) in [6.07, 6.45) is 9.94. The number of Topliss-reactive ketones (excluding diaryl/α,β-unsaturated/α-hetero) is 1. The van der Waals surface area contributed by atoms with Crippen molar-refractivity contribution in [2.24, 2.45) is 11.8 Å². The molecule has 1 aromatic carbocycles. The van der Waals surface area contributed by atoms with Crippen LogP contribution < -0.4 is 10.1 Å². The number of hydrogen-bond acceptors (Lipinski definition) is 6. The summed E-state index contributed by atoms with van der Waals surface area (Å²) >= 11 is 0. The number of carboxylic acids is 1. The van der Waals surface area contributed by atoms with E-state index in [1.54, 1.807) is 18.5 Å². The van der Waals surface area contributed by atoms with Crippen molar-refractivity contribution in [3.05, 3.63) is 59.4 Å². The summed E-state index contributed by atoms with van der Waals surface area (Å²) in [4.78, 5) is 44.4. The van der Waals surface area contributed by atoms with Gasteiger partial charge in [-0.3, -0.25) is 19.4 Å². The van der Waals surface area contributed by atoms with Gasteiger partial charge in [0.1, 0.15) is 24.8 Å². The van der Waals surface area contributed by atoms with Gasteiger partial charge in [0.2, 0.25) is 5.91 Å². The van der Waals surface area contributed by atoms with Crippen molar-refractivity contribution in [1.29, 1.82) is 0 Å². The lowest BCUT2D eigenvalue weighted by molar-refractivity contribution is -0.137. The molecule has 2 aliphatic rings. The highest BCUT2D eigenvalue weighted by atomic mass is 19.1. The van der Waals surface area contributed by atoms with Crippen LogP contribution in [0.15, 0.2) is 42.7 Å². The number of ketones is 1. The quantitative estimate of drug-likeness (QED) is 0.312. The third-order valence-corrected chi connectivity index (χ3v) is 8.56. The van der Waals surface area contributed by atoms with E-state index in [0.717, 1.165) is 61.9 Å². The van der Waals surface area contributed by atoms with E-state index < -0.39 is 18.6 Å². The molecule has 0 aliphatic carbocycles. The molecule has 8 nitrogen and oxygen atoms in total. The molecule has 4 rings (SSSR count). The fourth-order valence-corrected chi connectivity index (χ4v) is 6.15. The van der Waals surface area contributed by atoms with Gasteiger partial charge in [0.05, 0.1) is 6.42 Å². The first-order chi connectivity index (χ1) is 20.4. The van der Waals surface area contributed by atoms with Gasteiger partial charge in [-0.1, -0.05) is 18.2 Å². The number of carbonyl (C=O) groups is 3. The number of hydrogen-bond donors (Lipinski definition) is 2. The second-order valence-corrected chi connectivity index (χ2v) is 11.7. The third kappa shape index (κ3) is 9.89. The van der Waals surface area contributed by atoms with E-state index >= 15 is 0 Å². The topological polar surface area (TPSA) is 109 Å². The first-order valence-corrected chi connectivity index (χ1v) is 15.4. The van der Waals surface area contributed by atoms with Gasteiger partial charge in [0.25, 0.3) is 0 Å². The molecule has 9 heteroatoms. The molecule has 1 aromatic heterocycles. The van der Waals surface area contributed by atoms with E-state index in [4.69, 9.17) is 4.74 Å². The Kier molecular flexibility index (Phi) is 12.3. The number of aromatic nitrogens is 1. The van der Waals surface area contributed by atoms with Crippen molar-refractivity contribution < 1.29 is 28.6 Å².